The van der Waals surface area contributed by atoms with Crippen molar-refractivity contribution < 1.29 is 14.3 Å². The largest absolute Gasteiger partial charge is 0.451 e. The number of nitrogens with one attached hydrogen (secondary N) is 1. The Balaban J connectivity index is 1.37. The van der Waals surface area contributed by atoms with E-state index in [1.807, 2.05) is 30.3 Å². The minimum absolute atomic E-state index is 0.333. The van der Waals surface area contributed by atoms with Gasteiger partial charge in [-0.2, -0.15) is 0 Å². The Hall–Kier alpha value is -2.81. The number of esters is 1. The maximum absolute atomic E-state index is 12.2. The van der Waals surface area contributed by atoms with Crippen LogP contribution in [-0.2, 0) is 9.53 Å². The second-order valence-electron chi connectivity index (χ2n) is 5.64. The molecule has 4 rings (SSSR count). The van der Waals surface area contributed by atoms with Crippen molar-refractivity contribution >= 4 is 62.2 Å². The number of halogens is 1. The van der Waals surface area contributed by atoms with Gasteiger partial charge in [0.25, 0.3) is 5.91 Å². The standard InChI is InChI=1S/C19H12ClN3O3S2/c20-11-5-8-16(21-9-11)23-17(24)10-26-19(25)15-7-6-14(27-15)18-22-12-3-1-2-4-13(12)28-18/h1-9H,10H2,(H,21,23,24). The number of aromatic nitrogens is 2. The lowest BCUT2D eigenvalue weighted by atomic mass is 10.3. The first-order valence-electron chi connectivity index (χ1n) is 8.13. The molecule has 0 saturated heterocycles. The predicted octanol–water partition coefficient (Wildman–Crippen LogP) is 4.87. The van der Waals surface area contributed by atoms with Crippen LogP contribution < -0.4 is 5.32 Å². The third kappa shape index (κ3) is 4.19. The zero-order chi connectivity index (χ0) is 19.5. The van der Waals surface area contributed by atoms with Crippen LogP contribution in [0.1, 0.15) is 9.67 Å². The second kappa shape index (κ2) is 8.05. The van der Waals surface area contributed by atoms with Crippen molar-refractivity contribution in [3.8, 4) is 9.88 Å². The fourth-order valence-electron chi connectivity index (χ4n) is 2.37. The Labute approximate surface area is 172 Å². The van der Waals surface area contributed by atoms with E-state index in [9.17, 15) is 9.59 Å². The van der Waals surface area contributed by atoms with Crippen LogP contribution in [0.5, 0.6) is 0 Å². The zero-order valence-electron chi connectivity index (χ0n) is 14.2. The first-order chi connectivity index (χ1) is 13.6. The molecule has 4 aromatic rings. The van der Waals surface area contributed by atoms with E-state index in [4.69, 9.17) is 16.3 Å². The average molecular weight is 430 g/mol. The van der Waals surface area contributed by atoms with Crippen LogP contribution in [0.2, 0.25) is 5.02 Å². The molecular formula is C19H12ClN3O3S2. The van der Waals surface area contributed by atoms with E-state index in [1.54, 1.807) is 29.5 Å². The molecule has 6 nitrogen and oxygen atoms in total. The minimum atomic E-state index is -0.559. The molecule has 9 heteroatoms. The fourth-order valence-corrected chi connectivity index (χ4v) is 4.40. The summed E-state index contributed by atoms with van der Waals surface area (Å²) >= 11 is 8.58. The molecule has 0 aliphatic heterocycles. The topological polar surface area (TPSA) is 81.2 Å². The van der Waals surface area contributed by atoms with Gasteiger partial charge in [0.2, 0.25) is 0 Å². The third-order valence-electron chi connectivity index (χ3n) is 3.64. The van der Waals surface area contributed by atoms with Crippen LogP contribution in [0.25, 0.3) is 20.1 Å². The van der Waals surface area contributed by atoms with Gasteiger partial charge >= 0.3 is 5.97 Å². The molecule has 0 bridgehead atoms. The lowest BCUT2D eigenvalue weighted by Crippen LogP contribution is -2.21. The highest BCUT2D eigenvalue weighted by atomic mass is 35.5. The SMILES string of the molecule is O=C(COC(=O)c1ccc(-c2nc3ccccc3s2)s1)Nc1ccc(Cl)cn1. The first kappa shape index (κ1) is 18.5. The molecule has 28 heavy (non-hydrogen) atoms. The molecule has 0 fully saturated rings. The lowest BCUT2D eigenvalue weighted by molar-refractivity contribution is -0.119. The van der Waals surface area contributed by atoms with Crippen LogP contribution in [0.3, 0.4) is 0 Å². The van der Waals surface area contributed by atoms with E-state index in [-0.39, 0.29) is 0 Å². The quantitative estimate of drug-likeness (QED) is 0.458. The number of hydrogen-bond donors (Lipinski definition) is 1. The van der Waals surface area contributed by atoms with Gasteiger partial charge in [-0.05, 0) is 36.4 Å². The molecule has 0 radical (unpaired) electrons. The van der Waals surface area contributed by atoms with E-state index >= 15 is 0 Å². The highest BCUT2D eigenvalue weighted by Gasteiger charge is 2.15. The number of carbonyl (C=O) groups is 2. The van der Waals surface area contributed by atoms with E-state index in [0.717, 1.165) is 20.1 Å². The summed E-state index contributed by atoms with van der Waals surface area (Å²) in [5, 5.41) is 3.84. The molecular weight excluding hydrogens is 418 g/mol. The monoisotopic (exact) mass is 429 g/mol. The van der Waals surface area contributed by atoms with E-state index < -0.39 is 18.5 Å². The molecule has 1 amide bonds. The molecule has 0 aliphatic rings. The number of thiazole rings is 1. The summed E-state index contributed by atoms with van der Waals surface area (Å²) in [6, 6.07) is 14.5. The van der Waals surface area contributed by atoms with Crippen molar-refractivity contribution in [2.24, 2.45) is 0 Å². The molecule has 140 valence electrons. The molecule has 0 unspecified atom stereocenters. The summed E-state index contributed by atoms with van der Waals surface area (Å²) in [5.74, 6) is -0.706. The highest BCUT2D eigenvalue weighted by Crippen LogP contribution is 2.34. The van der Waals surface area contributed by atoms with Gasteiger partial charge in [-0.25, -0.2) is 14.8 Å². The normalized spacial score (nSPS) is 10.8. The van der Waals surface area contributed by atoms with Crippen molar-refractivity contribution in [1.82, 2.24) is 9.97 Å². The molecule has 0 atom stereocenters. The number of rotatable bonds is 5. The van der Waals surface area contributed by atoms with Crippen molar-refractivity contribution in [3.63, 3.8) is 0 Å². The molecule has 0 aliphatic carbocycles. The maximum Gasteiger partial charge on any atom is 0.348 e. The summed E-state index contributed by atoms with van der Waals surface area (Å²) < 4.78 is 6.17. The first-order valence-corrected chi connectivity index (χ1v) is 10.1. The zero-order valence-corrected chi connectivity index (χ0v) is 16.6. The smallest absolute Gasteiger partial charge is 0.348 e. The second-order valence-corrected chi connectivity index (χ2v) is 8.19. The van der Waals surface area contributed by atoms with E-state index in [1.165, 1.54) is 17.5 Å². The Bertz CT molecular complexity index is 1120. The number of benzene rings is 1. The molecule has 3 aromatic heterocycles. The van der Waals surface area contributed by atoms with Crippen LogP contribution >= 0.6 is 34.3 Å². The van der Waals surface area contributed by atoms with Crippen LogP contribution in [0, 0.1) is 0 Å². The number of anilines is 1. The fraction of sp³-hybridized carbons (Fsp3) is 0.0526. The van der Waals surface area contributed by atoms with Gasteiger partial charge in [-0.3, -0.25) is 4.79 Å². The summed E-state index contributed by atoms with van der Waals surface area (Å²) in [4.78, 5) is 33.9. The predicted molar refractivity (Wildman–Crippen MR) is 111 cm³/mol. The van der Waals surface area contributed by atoms with Crippen molar-refractivity contribution in [1.29, 1.82) is 0 Å². The van der Waals surface area contributed by atoms with Gasteiger partial charge < -0.3 is 10.1 Å². The summed E-state index contributed by atoms with van der Waals surface area (Å²) in [7, 11) is 0. The van der Waals surface area contributed by atoms with Gasteiger partial charge in [-0.15, -0.1) is 22.7 Å². The van der Waals surface area contributed by atoms with Crippen LogP contribution in [0.4, 0.5) is 5.82 Å². The molecule has 0 spiro atoms. The third-order valence-corrected chi connectivity index (χ3v) is 6.14. The van der Waals surface area contributed by atoms with Gasteiger partial charge in [0, 0.05) is 6.20 Å². The summed E-state index contributed by atoms with van der Waals surface area (Å²) in [6.07, 6.45) is 1.42. The number of pyridine rings is 1. The van der Waals surface area contributed by atoms with Crippen LogP contribution in [-0.4, -0.2) is 28.5 Å². The van der Waals surface area contributed by atoms with Crippen LogP contribution in [0.15, 0.2) is 54.7 Å². The Morgan fingerprint density at radius 3 is 2.71 bits per heavy atom. The number of fused-ring (bicyclic) bond motifs is 1. The molecule has 1 aromatic carbocycles. The van der Waals surface area contributed by atoms with Crippen molar-refractivity contribution in [2.75, 3.05) is 11.9 Å². The van der Waals surface area contributed by atoms with E-state index in [2.05, 4.69) is 15.3 Å². The Morgan fingerprint density at radius 1 is 1.07 bits per heavy atom. The molecule has 1 N–H and O–H groups in total. The molecule has 3 heterocycles. The molecule has 0 saturated carbocycles. The van der Waals surface area contributed by atoms with E-state index in [0.29, 0.717) is 15.7 Å². The maximum atomic E-state index is 12.2. The number of hydrogen-bond acceptors (Lipinski definition) is 7. The summed E-state index contributed by atoms with van der Waals surface area (Å²) in [6.45, 7) is -0.405. The van der Waals surface area contributed by atoms with Gasteiger partial charge in [0.1, 0.15) is 15.7 Å². The number of carbonyl (C=O) groups excluding carboxylic acids is 2. The minimum Gasteiger partial charge on any atom is -0.451 e. The Kier molecular flexibility index (Phi) is 5.34. The van der Waals surface area contributed by atoms with Gasteiger partial charge in [0.15, 0.2) is 6.61 Å². The lowest BCUT2D eigenvalue weighted by Gasteiger charge is -2.05. The number of amides is 1. The average Bonchev–Trinajstić information content (AvgIpc) is 3.35. The summed E-state index contributed by atoms with van der Waals surface area (Å²) in [5.41, 5.74) is 0.924. The van der Waals surface area contributed by atoms with Gasteiger partial charge in [-0.1, -0.05) is 23.7 Å². The highest BCUT2D eigenvalue weighted by molar-refractivity contribution is 7.26. The number of nitrogens with zero attached hydrogens (tertiary/aromatic N) is 2. The van der Waals surface area contributed by atoms with Crippen molar-refractivity contribution in [2.45, 2.75) is 0 Å². The number of para-hydroxylation sites is 1. The Morgan fingerprint density at radius 2 is 1.93 bits per heavy atom. The number of thiophene rings is 1. The number of ether oxygens (including phenoxy) is 1. The van der Waals surface area contributed by atoms with Crippen molar-refractivity contribution in [3.05, 3.63) is 64.6 Å². The van der Waals surface area contributed by atoms with Gasteiger partial charge in [0.05, 0.1) is 20.1 Å².